The molecule has 11 aromatic carbocycles. The summed E-state index contributed by atoms with van der Waals surface area (Å²) in [6.45, 7) is 15.9. The molecule has 1 aliphatic rings. The van der Waals surface area contributed by atoms with Crippen LogP contribution in [0.1, 0.15) is 55.5 Å². The van der Waals surface area contributed by atoms with Gasteiger partial charge in [-0.3, -0.25) is 29.4 Å². The van der Waals surface area contributed by atoms with Crippen LogP contribution >= 0.6 is 15.9 Å². The normalized spacial score (nSPS) is 13.1. The number of aromatic amines is 4. The van der Waals surface area contributed by atoms with E-state index in [-0.39, 0.29) is 0 Å². The van der Waals surface area contributed by atoms with E-state index in [9.17, 15) is 0 Å². The van der Waals surface area contributed by atoms with Crippen LogP contribution in [-0.4, -0.2) is 107 Å². The van der Waals surface area contributed by atoms with Crippen LogP contribution in [0.4, 0.5) is 0 Å². The summed E-state index contributed by atoms with van der Waals surface area (Å²) in [5.74, 6) is 3.93. The van der Waals surface area contributed by atoms with Crippen LogP contribution in [0.2, 0.25) is 0 Å². The largest absolute Gasteiger partial charge is 0.497 e. The SMILES string of the molecule is COc1ccc(Cn2nc(-c3nc4ccccc4[nH]3)c3cc(-c4cnc5ccccc5c4C)ccc32)cc1.COc1ccc(Cn2nc(-c3nc4ccccc4[nH]3)c3cc(B4OC(C)(C)C(C)(C)O4)ccc32)cc1.Cc1c(-c2ccc3[nH]nc(-c4nc5ccccc5[nH]4)c3c2)cnc2ccccc12.Cc1c(Br)cnc2ccccc12. The maximum Gasteiger partial charge on any atom is 0.494 e. The summed E-state index contributed by atoms with van der Waals surface area (Å²) >= 11 is 3.45. The molecule has 0 spiro atoms. The molecule has 10 heterocycles. The van der Waals surface area contributed by atoms with E-state index in [1.165, 1.54) is 27.5 Å². The van der Waals surface area contributed by atoms with Gasteiger partial charge in [0.25, 0.3) is 0 Å². The second kappa shape index (κ2) is 30.2. The Hall–Kier alpha value is -13.5. The van der Waals surface area contributed by atoms with Gasteiger partial charge < -0.3 is 33.7 Å². The molecule has 21 heteroatoms. The average molecular weight is 1570 g/mol. The molecule has 19 nitrogen and oxygen atoms in total. The average Bonchev–Trinajstić information content (AvgIpc) is 1.62. The summed E-state index contributed by atoms with van der Waals surface area (Å²) in [5, 5.41) is 24.4. The lowest BCUT2D eigenvalue weighted by Crippen LogP contribution is -2.41. The van der Waals surface area contributed by atoms with Gasteiger partial charge in [-0.05, 0) is 218 Å². The molecule has 1 aliphatic heterocycles. The standard InChI is InChI=1S/C32H25N5O.C28H29BN4O3.C24H17N5.C10H8BrN/c1-20-24-7-3-4-8-27(24)33-18-26(20)22-13-16-30-25(17-22)31(32-34-28-9-5-6-10-29(28)35-32)36-37(30)19-21-11-14-23(38-2)15-12-21;1-27(2)28(3,4)36-29(35-27)19-12-15-24-21(16-19)25(26-30-22-8-6-7-9-23(22)31-26)32-33(24)17-18-10-13-20(34-5)14-11-18;1-14-16-6-2-3-7-19(16)25-13-18(14)15-10-11-20-17(12-15)23(29-28-20)24-26-21-8-4-5-9-22(21)27-24;1-7-8-4-2-3-5-10(8)12-6-9(7)11/h3-18H,19H2,1-2H3,(H,34,35);6-16H,17H2,1-5H3,(H,30,31);2-13H,1H3,(H,26,27)(H,28,29);2-6H,1H3. The van der Waals surface area contributed by atoms with E-state index in [4.69, 9.17) is 48.9 Å². The highest BCUT2D eigenvalue weighted by atomic mass is 79.9. The van der Waals surface area contributed by atoms with Crippen LogP contribution in [0.5, 0.6) is 11.5 Å². The Bertz CT molecular complexity index is 6950. The maximum atomic E-state index is 6.33. The molecular weight excluding hydrogens is 1490 g/mol. The van der Waals surface area contributed by atoms with Crippen molar-refractivity contribution < 1.29 is 18.8 Å². The van der Waals surface area contributed by atoms with Gasteiger partial charge in [-0.2, -0.15) is 15.3 Å². The van der Waals surface area contributed by atoms with Crippen LogP contribution in [0.3, 0.4) is 0 Å². The number of fused-ring (bicyclic) bond motifs is 9. The minimum atomic E-state index is -0.451. The van der Waals surface area contributed by atoms with E-state index >= 15 is 0 Å². The number of para-hydroxylation sites is 9. The van der Waals surface area contributed by atoms with Crippen LogP contribution < -0.4 is 14.9 Å². The van der Waals surface area contributed by atoms with Gasteiger partial charge in [0.2, 0.25) is 0 Å². The monoisotopic (exact) mass is 1570 g/mol. The van der Waals surface area contributed by atoms with Crippen molar-refractivity contribution in [2.75, 3.05) is 14.2 Å². The number of pyridine rings is 3. The van der Waals surface area contributed by atoms with Crippen LogP contribution in [0.25, 0.3) is 155 Å². The van der Waals surface area contributed by atoms with Crippen molar-refractivity contribution in [1.82, 2.24) is 74.6 Å². The Morgan fingerprint density at radius 3 is 1.24 bits per heavy atom. The third-order valence-electron chi connectivity index (χ3n) is 22.1. The van der Waals surface area contributed by atoms with Crippen molar-refractivity contribution in [2.45, 2.75) is 72.8 Å². The molecule has 0 bridgehead atoms. The van der Waals surface area contributed by atoms with Crippen molar-refractivity contribution in [2.24, 2.45) is 0 Å². The van der Waals surface area contributed by atoms with E-state index in [1.807, 2.05) is 157 Å². The number of nitrogens with zero attached hydrogens (tertiary/aromatic N) is 11. The number of hydrogen-bond donors (Lipinski definition) is 4. The molecule has 1 saturated heterocycles. The number of benzene rings is 11. The first-order valence-electron chi connectivity index (χ1n) is 38.1. The number of methoxy groups -OCH3 is 2. The van der Waals surface area contributed by atoms with Crippen molar-refractivity contribution in [3.05, 3.63) is 300 Å². The fourth-order valence-electron chi connectivity index (χ4n) is 15.0. The van der Waals surface area contributed by atoms with Gasteiger partial charge in [0.15, 0.2) is 17.5 Å². The molecule has 21 rings (SSSR count). The summed E-state index contributed by atoms with van der Waals surface area (Å²) in [6.07, 6.45) is 5.78. The maximum absolute atomic E-state index is 6.33. The van der Waals surface area contributed by atoms with Gasteiger partial charge >= 0.3 is 7.12 Å². The minimum Gasteiger partial charge on any atom is -0.497 e. The van der Waals surface area contributed by atoms with Crippen LogP contribution in [0, 0.1) is 20.8 Å². The highest BCUT2D eigenvalue weighted by Crippen LogP contribution is 2.40. The molecule has 4 N–H and O–H groups in total. The Morgan fingerprint density at radius 2 is 0.783 bits per heavy atom. The first-order chi connectivity index (χ1) is 56.0. The molecule has 20 aromatic rings. The molecule has 115 heavy (non-hydrogen) atoms. The zero-order valence-corrected chi connectivity index (χ0v) is 66.4. The first-order valence-corrected chi connectivity index (χ1v) is 38.9. The van der Waals surface area contributed by atoms with Crippen molar-refractivity contribution >= 4 is 127 Å². The molecular formula is C94H79BBrN15O4. The summed E-state index contributed by atoms with van der Waals surface area (Å²) in [5.41, 5.74) is 24.9. The summed E-state index contributed by atoms with van der Waals surface area (Å²) in [7, 11) is 2.90. The first kappa shape index (κ1) is 73.0. The zero-order valence-electron chi connectivity index (χ0n) is 64.8. The number of aromatic nitrogens is 15. The van der Waals surface area contributed by atoms with Gasteiger partial charge in [-0.1, -0.05) is 140 Å². The van der Waals surface area contributed by atoms with E-state index < -0.39 is 18.3 Å². The second-order valence-corrected chi connectivity index (χ2v) is 30.7. The predicted octanol–water partition coefficient (Wildman–Crippen LogP) is 21.0. The van der Waals surface area contributed by atoms with Gasteiger partial charge in [0.05, 0.1) is 105 Å². The fourth-order valence-corrected chi connectivity index (χ4v) is 15.3. The number of H-pyrrole nitrogens is 4. The quantitative estimate of drug-likeness (QED) is 0.0836. The highest BCUT2D eigenvalue weighted by molar-refractivity contribution is 9.10. The molecule has 564 valence electrons. The summed E-state index contributed by atoms with van der Waals surface area (Å²) in [6, 6.07) is 84.1. The predicted molar refractivity (Wildman–Crippen MR) is 466 cm³/mol. The van der Waals surface area contributed by atoms with Gasteiger partial charge in [0.1, 0.15) is 28.6 Å². The number of aryl methyl sites for hydroxylation is 3. The lowest BCUT2D eigenvalue weighted by atomic mass is 9.78. The van der Waals surface area contributed by atoms with Gasteiger partial charge in [-0.15, -0.1) is 0 Å². The van der Waals surface area contributed by atoms with Crippen molar-refractivity contribution in [1.29, 1.82) is 0 Å². The highest BCUT2D eigenvalue weighted by Gasteiger charge is 2.52. The lowest BCUT2D eigenvalue weighted by Gasteiger charge is -2.32. The second-order valence-electron chi connectivity index (χ2n) is 29.8. The molecule has 0 unspecified atom stereocenters. The number of hydrogen-bond acceptors (Lipinski definition) is 13. The molecule has 0 atom stereocenters. The molecule has 0 radical (unpaired) electrons. The zero-order chi connectivity index (χ0) is 78.6. The van der Waals surface area contributed by atoms with E-state index in [0.717, 1.165) is 177 Å². The summed E-state index contributed by atoms with van der Waals surface area (Å²) in [4.78, 5) is 38.4. The Kier molecular flexibility index (Phi) is 19.2. The van der Waals surface area contributed by atoms with Crippen molar-refractivity contribution in [3.8, 4) is 68.3 Å². The number of halogens is 1. The fraction of sp³-hybridized carbons (Fsp3) is 0.138. The van der Waals surface area contributed by atoms with Crippen LogP contribution in [0.15, 0.2) is 272 Å². The smallest absolute Gasteiger partial charge is 0.494 e. The minimum absolute atomic E-state index is 0.410. The van der Waals surface area contributed by atoms with Crippen molar-refractivity contribution in [3.63, 3.8) is 0 Å². The summed E-state index contributed by atoms with van der Waals surface area (Å²) < 4.78 is 28.5. The Balaban J connectivity index is 0.000000112. The number of nitrogens with one attached hydrogen (secondary N) is 4. The van der Waals surface area contributed by atoms with E-state index in [0.29, 0.717) is 13.1 Å². The number of imidazole rings is 3. The molecule has 9 aromatic heterocycles. The van der Waals surface area contributed by atoms with E-state index in [2.05, 4.69) is 219 Å². The molecule has 1 fully saturated rings. The van der Waals surface area contributed by atoms with E-state index in [1.54, 1.807) is 14.2 Å². The number of rotatable bonds is 12. The molecule has 0 amide bonds. The van der Waals surface area contributed by atoms with Crippen LogP contribution in [-0.2, 0) is 22.4 Å². The number of ether oxygens (including phenoxy) is 2. The third kappa shape index (κ3) is 14.2. The molecule has 0 aliphatic carbocycles. The topological polar surface area (TPSA) is 226 Å². The van der Waals surface area contributed by atoms with Gasteiger partial charge in [-0.25, -0.2) is 15.0 Å². The Labute approximate surface area is 671 Å². The third-order valence-corrected chi connectivity index (χ3v) is 22.9. The Morgan fingerprint density at radius 1 is 0.391 bits per heavy atom. The van der Waals surface area contributed by atoms with Gasteiger partial charge in [0, 0.05) is 66.5 Å². The molecule has 0 saturated carbocycles. The lowest BCUT2D eigenvalue weighted by molar-refractivity contribution is 0.00578.